The molecule has 0 saturated heterocycles. The lowest BCUT2D eigenvalue weighted by Crippen LogP contribution is -2.14. The summed E-state index contributed by atoms with van der Waals surface area (Å²) in [5, 5.41) is 3.60. The van der Waals surface area contributed by atoms with E-state index < -0.39 is 18.4 Å². The molecule has 6 heteroatoms. The summed E-state index contributed by atoms with van der Waals surface area (Å²) in [6.07, 6.45) is -2.37. The maximum absolute atomic E-state index is 11.8. The van der Waals surface area contributed by atoms with E-state index in [0.717, 1.165) is 12.6 Å². The highest BCUT2D eigenvalue weighted by Gasteiger charge is 2.31. The summed E-state index contributed by atoms with van der Waals surface area (Å²) < 4.78 is 36.5. The Labute approximate surface area is 121 Å². The minimum Gasteiger partial charge on any atom is -0.294 e. The van der Waals surface area contributed by atoms with Gasteiger partial charge in [-0.25, -0.2) is 0 Å². The summed E-state index contributed by atoms with van der Waals surface area (Å²) in [7, 11) is 1.53. The largest absolute Gasteiger partial charge is 0.396 e. The van der Waals surface area contributed by atoms with Crippen molar-refractivity contribution in [2.75, 3.05) is 0 Å². The number of carbonyl (C=O) groups is 1. The van der Waals surface area contributed by atoms with Crippen molar-refractivity contribution < 1.29 is 18.0 Å². The first-order chi connectivity index (χ1) is 9.81. The topological polar surface area (TPSA) is 34.9 Å². The van der Waals surface area contributed by atoms with Crippen LogP contribution in [0.15, 0.2) is 42.7 Å². The van der Waals surface area contributed by atoms with Crippen LogP contribution in [0.25, 0.3) is 0 Å². The minimum atomic E-state index is -4.45. The molecule has 0 aliphatic rings. The summed E-state index contributed by atoms with van der Waals surface area (Å²) in [6, 6.07) is 10.5. The number of alkyl halides is 3. The van der Waals surface area contributed by atoms with Crippen molar-refractivity contribution >= 4 is 5.78 Å². The molecule has 1 heterocycles. The number of ketones is 1. The molecule has 0 unspecified atom stereocenters. The molecule has 0 N–H and O–H groups in total. The molecule has 0 aliphatic heterocycles. The lowest BCUT2D eigenvalue weighted by atomic mass is 10.2. The van der Waals surface area contributed by atoms with Crippen molar-refractivity contribution in [1.29, 1.82) is 0 Å². The van der Waals surface area contributed by atoms with E-state index in [-0.39, 0.29) is 5.56 Å². The van der Waals surface area contributed by atoms with Gasteiger partial charge in [0.25, 0.3) is 0 Å². The second kappa shape index (κ2) is 7.61. The summed E-state index contributed by atoms with van der Waals surface area (Å²) >= 11 is 0. The van der Waals surface area contributed by atoms with Crippen LogP contribution in [0.5, 0.6) is 0 Å². The predicted molar refractivity (Wildman–Crippen MR) is 74.0 cm³/mol. The van der Waals surface area contributed by atoms with Crippen molar-refractivity contribution in [3.8, 4) is 0 Å². The molecule has 3 nitrogen and oxygen atoms in total. The fourth-order valence-electron chi connectivity index (χ4n) is 1.56. The van der Waals surface area contributed by atoms with Gasteiger partial charge in [-0.1, -0.05) is 37.3 Å². The monoisotopic (exact) mass is 298 g/mol. The number of halogens is 3. The van der Waals surface area contributed by atoms with Crippen LogP contribution in [0, 0.1) is 0 Å². The molecule has 2 aromatic rings. The third kappa shape index (κ3) is 6.74. The average Bonchev–Trinajstić information content (AvgIpc) is 2.85. The Hall–Kier alpha value is -2.11. The van der Waals surface area contributed by atoms with Crippen LogP contribution in [0.3, 0.4) is 0 Å². The van der Waals surface area contributed by atoms with E-state index in [4.69, 9.17) is 0 Å². The average molecular weight is 298 g/mol. The Bertz CT molecular complexity index is 562. The zero-order valence-electron chi connectivity index (χ0n) is 11.9. The standard InChI is InChI=1S/C8H10.C7H7F3N2O/c1-2-8-6-4-3-5-7-8;1-12-4-5(3-11-12)6(13)2-7(8,9)10/h3-7H,2H2,1H3;3-4H,2H2,1H3. The maximum Gasteiger partial charge on any atom is 0.396 e. The molecule has 0 saturated carbocycles. The molecule has 0 amide bonds. The van der Waals surface area contributed by atoms with Crippen LogP contribution in [0.2, 0.25) is 0 Å². The number of Topliss-reactive ketones (excluding diaryl/α,β-unsaturated/α-hetero) is 1. The van der Waals surface area contributed by atoms with Crippen molar-refractivity contribution in [3.05, 3.63) is 53.9 Å². The third-order valence-electron chi connectivity index (χ3n) is 2.64. The molecule has 0 aliphatic carbocycles. The smallest absolute Gasteiger partial charge is 0.294 e. The van der Waals surface area contributed by atoms with Gasteiger partial charge in [0.15, 0.2) is 5.78 Å². The Morgan fingerprint density at radius 2 is 1.86 bits per heavy atom. The number of aromatic nitrogens is 2. The van der Waals surface area contributed by atoms with Gasteiger partial charge in [0, 0.05) is 13.2 Å². The van der Waals surface area contributed by atoms with Crippen LogP contribution in [0.1, 0.15) is 29.3 Å². The van der Waals surface area contributed by atoms with Gasteiger partial charge in [-0.15, -0.1) is 0 Å². The second-order valence-electron chi connectivity index (χ2n) is 4.46. The zero-order chi connectivity index (χ0) is 15.9. The van der Waals surface area contributed by atoms with Gasteiger partial charge in [-0.05, 0) is 12.0 Å². The van der Waals surface area contributed by atoms with Crippen molar-refractivity contribution in [2.24, 2.45) is 7.05 Å². The molecule has 0 fully saturated rings. The van der Waals surface area contributed by atoms with Gasteiger partial charge in [0.2, 0.25) is 0 Å². The predicted octanol–water partition coefficient (Wildman–Crippen LogP) is 3.80. The minimum absolute atomic E-state index is 0.0141. The molecule has 1 aromatic carbocycles. The van der Waals surface area contributed by atoms with E-state index in [1.165, 1.54) is 23.5 Å². The lowest BCUT2D eigenvalue weighted by molar-refractivity contribution is -0.125. The summed E-state index contributed by atoms with van der Waals surface area (Å²) in [4.78, 5) is 10.9. The highest BCUT2D eigenvalue weighted by Crippen LogP contribution is 2.21. The fraction of sp³-hybridized carbons (Fsp3) is 0.333. The number of benzene rings is 1. The number of hydrogen-bond acceptors (Lipinski definition) is 2. The molecule has 1 aromatic heterocycles. The van der Waals surface area contributed by atoms with Crippen LogP contribution in [-0.4, -0.2) is 21.7 Å². The van der Waals surface area contributed by atoms with Gasteiger partial charge in [-0.2, -0.15) is 18.3 Å². The maximum atomic E-state index is 11.8. The normalized spacial score (nSPS) is 10.7. The molecular formula is C15H17F3N2O. The van der Waals surface area contributed by atoms with E-state index in [1.54, 1.807) is 0 Å². The quantitative estimate of drug-likeness (QED) is 0.808. The molecule has 0 radical (unpaired) electrons. The lowest BCUT2D eigenvalue weighted by Gasteiger charge is -2.02. The molecule has 0 atom stereocenters. The van der Waals surface area contributed by atoms with Gasteiger partial charge in [0.1, 0.15) is 6.42 Å². The second-order valence-corrected chi connectivity index (χ2v) is 4.46. The van der Waals surface area contributed by atoms with Gasteiger partial charge in [0.05, 0.1) is 11.8 Å². The third-order valence-corrected chi connectivity index (χ3v) is 2.64. The van der Waals surface area contributed by atoms with Gasteiger partial charge in [-0.3, -0.25) is 9.48 Å². The van der Waals surface area contributed by atoms with Gasteiger partial charge < -0.3 is 0 Å². The highest BCUT2D eigenvalue weighted by molar-refractivity contribution is 5.95. The van der Waals surface area contributed by atoms with Crippen LogP contribution < -0.4 is 0 Å². The summed E-state index contributed by atoms with van der Waals surface area (Å²) in [5.41, 5.74) is 1.40. The fourth-order valence-corrected chi connectivity index (χ4v) is 1.56. The summed E-state index contributed by atoms with van der Waals surface area (Å²) in [6.45, 7) is 2.16. The Morgan fingerprint density at radius 1 is 1.24 bits per heavy atom. The Morgan fingerprint density at radius 3 is 2.24 bits per heavy atom. The molecule has 21 heavy (non-hydrogen) atoms. The zero-order valence-corrected chi connectivity index (χ0v) is 11.9. The van der Waals surface area contributed by atoms with E-state index in [1.807, 2.05) is 6.07 Å². The van der Waals surface area contributed by atoms with E-state index in [0.29, 0.717) is 0 Å². The SMILES string of the molecule is CCc1ccccc1.Cn1cc(C(=O)CC(F)(F)F)cn1. The van der Waals surface area contributed by atoms with Crippen molar-refractivity contribution in [3.63, 3.8) is 0 Å². The highest BCUT2D eigenvalue weighted by atomic mass is 19.4. The van der Waals surface area contributed by atoms with E-state index >= 15 is 0 Å². The number of aryl methyl sites for hydroxylation is 2. The van der Waals surface area contributed by atoms with Crippen molar-refractivity contribution in [1.82, 2.24) is 9.78 Å². The first-order valence-electron chi connectivity index (χ1n) is 6.44. The summed E-state index contributed by atoms with van der Waals surface area (Å²) in [5.74, 6) is -0.958. The number of rotatable bonds is 3. The first kappa shape index (κ1) is 16.9. The molecule has 0 spiro atoms. The van der Waals surface area contributed by atoms with E-state index in [2.05, 4.69) is 36.3 Å². The number of nitrogens with zero attached hydrogens (tertiary/aromatic N) is 2. The molecule has 2 rings (SSSR count). The van der Waals surface area contributed by atoms with Crippen molar-refractivity contribution in [2.45, 2.75) is 25.9 Å². The van der Waals surface area contributed by atoms with Crippen LogP contribution in [-0.2, 0) is 13.5 Å². The first-order valence-corrected chi connectivity index (χ1v) is 6.44. The number of carbonyl (C=O) groups excluding carboxylic acids is 1. The van der Waals surface area contributed by atoms with Gasteiger partial charge >= 0.3 is 6.18 Å². The van der Waals surface area contributed by atoms with Crippen LogP contribution >= 0.6 is 0 Å². The van der Waals surface area contributed by atoms with Crippen LogP contribution in [0.4, 0.5) is 13.2 Å². The Balaban J connectivity index is 0.000000235. The molecular weight excluding hydrogens is 281 g/mol. The Kier molecular flexibility index (Phi) is 6.14. The van der Waals surface area contributed by atoms with E-state index in [9.17, 15) is 18.0 Å². The number of hydrogen-bond donors (Lipinski definition) is 0. The molecule has 0 bridgehead atoms. The molecule has 114 valence electrons.